The third-order valence-electron chi connectivity index (χ3n) is 2.48. The number of aromatic nitrogens is 2. The Morgan fingerprint density at radius 3 is 2.60 bits per heavy atom. The standard InChI is InChI=1S/C11H22N4/c1-5-6-7-13-11-9(12)10(8(2)3)14-15(11)4/h8,13H,5-7,12H2,1-4H3. The molecule has 0 fully saturated rings. The highest BCUT2D eigenvalue weighted by Gasteiger charge is 2.14. The van der Waals surface area contributed by atoms with Crippen molar-refractivity contribution in [3.05, 3.63) is 5.69 Å². The number of nitrogens with two attached hydrogens (primary N) is 1. The van der Waals surface area contributed by atoms with Crippen molar-refractivity contribution in [2.75, 3.05) is 17.6 Å². The van der Waals surface area contributed by atoms with Gasteiger partial charge in [0, 0.05) is 13.6 Å². The maximum atomic E-state index is 6.04. The van der Waals surface area contributed by atoms with Crippen LogP contribution in [0.15, 0.2) is 0 Å². The molecule has 0 saturated carbocycles. The second-order valence-corrected chi connectivity index (χ2v) is 4.21. The number of hydrogen-bond acceptors (Lipinski definition) is 3. The lowest BCUT2D eigenvalue weighted by molar-refractivity contribution is 0.712. The first kappa shape index (κ1) is 11.9. The normalized spacial score (nSPS) is 11.0. The summed E-state index contributed by atoms with van der Waals surface area (Å²) >= 11 is 0. The van der Waals surface area contributed by atoms with Crippen LogP contribution in [-0.2, 0) is 7.05 Å². The molecule has 0 aliphatic carbocycles. The molecule has 1 heterocycles. The molecule has 1 aromatic rings. The van der Waals surface area contributed by atoms with Crippen LogP contribution < -0.4 is 11.1 Å². The topological polar surface area (TPSA) is 55.9 Å². The Morgan fingerprint density at radius 1 is 1.47 bits per heavy atom. The van der Waals surface area contributed by atoms with Gasteiger partial charge in [0.1, 0.15) is 5.82 Å². The highest BCUT2D eigenvalue weighted by atomic mass is 15.3. The molecule has 4 nitrogen and oxygen atoms in total. The van der Waals surface area contributed by atoms with Crippen LogP contribution in [0.5, 0.6) is 0 Å². The summed E-state index contributed by atoms with van der Waals surface area (Å²) in [6.07, 6.45) is 2.34. The maximum Gasteiger partial charge on any atom is 0.147 e. The lowest BCUT2D eigenvalue weighted by Crippen LogP contribution is -2.07. The molecule has 0 aromatic carbocycles. The number of nitrogens with zero attached hydrogens (tertiary/aromatic N) is 2. The third-order valence-corrected chi connectivity index (χ3v) is 2.48. The van der Waals surface area contributed by atoms with Crippen LogP contribution in [-0.4, -0.2) is 16.3 Å². The van der Waals surface area contributed by atoms with Gasteiger partial charge in [-0.15, -0.1) is 0 Å². The summed E-state index contributed by atoms with van der Waals surface area (Å²) in [5.74, 6) is 1.32. The van der Waals surface area contributed by atoms with E-state index in [0.717, 1.165) is 30.2 Å². The zero-order valence-electron chi connectivity index (χ0n) is 10.2. The first-order valence-electron chi connectivity index (χ1n) is 5.64. The molecule has 0 aliphatic heterocycles. The molecule has 15 heavy (non-hydrogen) atoms. The van der Waals surface area contributed by atoms with Crippen LogP contribution in [0.2, 0.25) is 0 Å². The molecule has 0 saturated heterocycles. The minimum atomic E-state index is 0.373. The number of nitrogen functional groups attached to an aromatic ring is 1. The van der Waals surface area contributed by atoms with Gasteiger partial charge >= 0.3 is 0 Å². The van der Waals surface area contributed by atoms with Crippen LogP contribution in [0, 0.1) is 0 Å². The maximum absolute atomic E-state index is 6.04. The van der Waals surface area contributed by atoms with E-state index < -0.39 is 0 Å². The summed E-state index contributed by atoms with van der Waals surface area (Å²) < 4.78 is 1.83. The van der Waals surface area contributed by atoms with Gasteiger partial charge in [-0.05, 0) is 12.3 Å². The van der Waals surface area contributed by atoms with Gasteiger partial charge in [-0.25, -0.2) is 0 Å². The fraction of sp³-hybridized carbons (Fsp3) is 0.727. The largest absolute Gasteiger partial charge is 0.394 e. The van der Waals surface area contributed by atoms with Gasteiger partial charge in [0.2, 0.25) is 0 Å². The molecule has 0 radical (unpaired) electrons. The van der Waals surface area contributed by atoms with Crippen LogP contribution in [0.1, 0.15) is 45.2 Å². The second-order valence-electron chi connectivity index (χ2n) is 4.21. The lowest BCUT2D eigenvalue weighted by Gasteiger charge is -2.06. The number of aryl methyl sites for hydroxylation is 1. The molecule has 0 unspecified atom stereocenters. The van der Waals surface area contributed by atoms with Crippen molar-refractivity contribution in [2.45, 2.75) is 39.5 Å². The van der Waals surface area contributed by atoms with E-state index in [-0.39, 0.29) is 0 Å². The van der Waals surface area contributed by atoms with E-state index in [9.17, 15) is 0 Å². The summed E-state index contributed by atoms with van der Waals surface area (Å²) in [7, 11) is 1.93. The van der Waals surface area contributed by atoms with E-state index in [1.165, 1.54) is 6.42 Å². The summed E-state index contributed by atoms with van der Waals surface area (Å²) in [5, 5.41) is 7.75. The number of rotatable bonds is 5. The number of anilines is 2. The fourth-order valence-electron chi connectivity index (χ4n) is 1.58. The monoisotopic (exact) mass is 210 g/mol. The van der Waals surface area contributed by atoms with E-state index in [0.29, 0.717) is 5.92 Å². The highest BCUT2D eigenvalue weighted by molar-refractivity contribution is 5.65. The molecule has 86 valence electrons. The van der Waals surface area contributed by atoms with Crippen LogP contribution in [0.25, 0.3) is 0 Å². The third kappa shape index (κ3) is 2.64. The Balaban J connectivity index is 2.79. The summed E-state index contributed by atoms with van der Waals surface area (Å²) in [4.78, 5) is 0. The Labute approximate surface area is 91.8 Å². The van der Waals surface area contributed by atoms with Crippen molar-refractivity contribution in [1.82, 2.24) is 9.78 Å². The molecule has 1 aromatic heterocycles. The minimum Gasteiger partial charge on any atom is -0.394 e. The van der Waals surface area contributed by atoms with E-state index in [1.54, 1.807) is 0 Å². The molecule has 0 spiro atoms. The Kier molecular flexibility index (Phi) is 4.00. The zero-order chi connectivity index (χ0) is 11.4. The predicted octanol–water partition coefficient (Wildman–Crippen LogP) is 2.34. The Bertz CT molecular complexity index is 315. The van der Waals surface area contributed by atoms with Crippen molar-refractivity contribution in [2.24, 2.45) is 7.05 Å². The number of hydrogen-bond donors (Lipinski definition) is 2. The summed E-state index contributed by atoms with van der Waals surface area (Å²) in [5.41, 5.74) is 7.82. The van der Waals surface area contributed by atoms with Gasteiger partial charge in [-0.1, -0.05) is 27.2 Å². The summed E-state index contributed by atoms with van der Waals surface area (Å²) in [6.45, 7) is 7.34. The SMILES string of the molecule is CCCCNc1c(N)c(C(C)C)nn1C. The first-order valence-corrected chi connectivity index (χ1v) is 5.64. The van der Waals surface area contributed by atoms with Crippen LogP contribution in [0.4, 0.5) is 11.5 Å². The quantitative estimate of drug-likeness (QED) is 0.733. The molecule has 3 N–H and O–H groups in total. The van der Waals surface area contributed by atoms with Crippen molar-refractivity contribution in [3.63, 3.8) is 0 Å². The van der Waals surface area contributed by atoms with Crippen LogP contribution in [0.3, 0.4) is 0 Å². The molecule has 0 aliphatic rings. The first-order chi connectivity index (χ1) is 7.07. The van der Waals surface area contributed by atoms with Gasteiger partial charge in [0.25, 0.3) is 0 Å². The molecule has 0 bridgehead atoms. The highest BCUT2D eigenvalue weighted by Crippen LogP contribution is 2.27. The fourth-order valence-corrected chi connectivity index (χ4v) is 1.58. The van der Waals surface area contributed by atoms with Crippen molar-refractivity contribution >= 4 is 11.5 Å². The Hall–Kier alpha value is -1.19. The average molecular weight is 210 g/mol. The van der Waals surface area contributed by atoms with E-state index in [2.05, 4.69) is 31.2 Å². The van der Waals surface area contributed by atoms with Gasteiger partial charge < -0.3 is 11.1 Å². The molecule has 4 heteroatoms. The van der Waals surface area contributed by atoms with Gasteiger partial charge in [0.15, 0.2) is 0 Å². The number of nitrogens with one attached hydrogen (secondary N) is 1. The Morgan fingerprint density at radius 2 is 2.13 bits per heavy atom. The van der Waals surface area contributed by atoms with E-state index in [1.807, 2.05) is 11.7 Å². The van der Waals surface area contributed by atoms with Gasteiger partial charge in [-0.3, -0.25) is 4.68 Å². The zero-order valence-corrected chi connectivity index (χ0v) is 10.2. The smallest absolute Gasteiger partial charge is 0.147 e. The lowest BCUT2D eigenvalue weighted by atomic mass is 10.1. The van der Waals surface area contributed by atoms with Gasteiger partial charge in [0.05, 0.1) is 11.4 Å². The van der Waals surface area contributed by atoms with Crippen molar-refractivity contribution < 1.29 is 0 Å². The number of unbranched alkanes of at least 4 members (excludes halogenated alkanes) is 1. The minimum absolute atomic E-state index is 0.373. The van der Waals surface area contributed by atoms with E-state index in [4.69, 9.17) is 5.73 Å². The molecule has 0 amide bonds. The average Bonchev–Trinajstić information content (AvgIpc) is 2.45. The molecule has 1 rings (SSSR count). The van der Waals surface area contributed by atoms with Crippen molar-refractivity contribution in [1.29, 1.82) is 0 Å². The summed E-state index contributed by atoms with van der Waals surface area (Å²) in [6, 6.07) is 0. The van der Waals surface area contributed by atoms with Gasteiger partial charge in [-0.2, -0.15) is 5.10 Å². The molecule has 0 atom stereocenters. The van der Waals surface area contributed by atoms with E-state index >= 15 is 0 Å². The predicted molar refractivity (Wildman–Crippen MR) is 65.1 cm³/mol. The van der Waals surface area contributed by atoms with Crippen molar-refractivity contribution in [3.8, 4) is 0 Å². The second kappa shape index (κ2) is 5.05. The molecular formula is C11H22N4. The molecular weight excluding hydrogens is 188 g/mol. The van der Waals surface area contributed by atoms with Crippen LogP contribution >= 0.6 is 0 Å².